The maximum atomic E-state index is 8.83. The molecule has 1 heterocycles. The van der Waals surface area contributed by atoms with Crippen molar-refractivity contribution in [2.75, 3.05) is 31.6 Å². The van der Waals surface area contributed by atoms with E-state index >= 15 is 0 Å². The number of nitriles is 1. The molecule has 0 radical (unpaired) electrons. The van der Waals surface area contributed by atoms with E-state index in [0.29, 0.717) is 19.6 Å². The number of aromatic nitrogens is 2. The Hall–Kier alpha value is -2.10. The third kappa shape index (κ3) is 4.45. The summed E-state index contributed by atoms with van der Waals surface area (Å²) in [5, 5.41) is 20.2. The van der Waals surface area contributed by atoms with E-state index in [4.69, 9.17) is 15.7 Å². The van der Waals surface area contributed by atoms with Crippen LogP contribution in [0.5, 0.6) is 0 Å². The number of fused-ring (bicyclic) bond motifs is 1. The number of nitrogens with one attached hydrogen (secondary N) is 2. The predicted octanol–water partition coefficient (Wildman–Crippen LogP) is 1.80. The first kappa shape index (κ1) is 15.3. The van der Waals surface area contributed by atoms with Gasteiger partial charge in [-0.1, -0.05) is 0 Å². The van der Waals surface area contributed by atoms with Gasteiger partial charge in [0, 0.05) is 24.2 Å². The molecule has 0 spiro atoms. The molecule has 0 aliphatic rings. The van der Waals surface area contributed by atoms with Gasteiger partial charge in [0.1, 0.15) is 0 Å². The van der Waals surface area contributed by atoms with Crippen molar-refractivity contribution in [1.29, 1.82) is 5.26 Å². The lowest BCUT2D eigenvalue weighted by atomic mass is 10.1. The average molecular weight is 287 g/mol. The summed E-state index contributed by atoms with van der Waals surface area (Å²) in [6.07, 6.45) is 4.18. The molecule has 1 aromatic heterocycles. The van der Waals surface area contributed by atoms with Crippen LogP contribution < -0.4 is 11.1 Å². The Labute approximate surface area is 124 Å². The highest BCUT2D eigenvalue weighted by molar-refractivity contribution is 5.91. The molecule has 0 saturated heterocycles. The SMILES string of the molecule is N#CCc1cc(NCCOCCCCN)c2cn[nH]c2c1. The zero-order chi connectivity index (χ0) is 14.9. The molecule has 0 fully saturated rings. The highest BCUT2D eigenvalue weighted by Crippen LogP contribution is 2.24. The number of aromatic amines is 1. The van der Waals surface area contributed by atoms with E-state index in [-0.39, 0.29) is 0 Å². The van der Waals surface area contributed by atoms with E-state index in [9.17, 15) is 0 Å². The lowest BCUT2D eigenvalue weighted by molar-refractivity contribution is 0.140. The second kappa shape index (κ2) is 8.25. The van der Waals surface area contributed by atoms with Gasteiger partial charge in [0.15, 0.2) is 0 Å². The van der Waals surface area contributed by atoms with Crippen LogP contribution in [0.3, 0.4) is 0 Å². The molecule has 21 heavy (non-hydrogen) atoms. The van der Waals surface area contributed by atoms with Crippen LogP contribution in [0, 0.1) is 11.3 Å². The summed E-state index contributed by atoms with van der Waals surface area (Å²) in [6, 6.07) is 6.12. The molecule has 2 rings (SSSR count). The second-order valence-corrected chi connectivity index (χ2v) is 4.84. The fraction of sp³-hybridized carbons (Fsp3) is 0.467. The van der Waals surface area contributed by atoms with Crippen molar-refractivity contribution < 1.29 is 4.74 Å². The lowest BCUT2D eigenvalue weighted by Crippen LogP contribution is -2.11. The maximum Gasteiger partial charge on any atom is 0.0674 e. The molecule has 0 atom stereocenters. The molecule has 0 aliphatic heterocycles. The number of nitrogens with zero attached hydrogens (tertiary/aromatic N) is 2. The summed E-state index contributed by atoms with van der Waals surface area (Å²) in [7, 11) is 0. The third-order valence-corrected chi connectivity index (χ3v) is 3.21. The topological polar surface area (TPSA) is 99.8 Å². The van der Waals surface area contributed by atoms with Gasteiger partial charge in [-0.15, -0.1) is 0 Å². The number of hydrogen-bond acceptors (Lipinski definition) is 5. The van der Waals surface area contributed by atoms with Gasteiger partial charge in [-0.25, -0.2) is 0 Å². The third-order valence-electron chi connectivity index (χ3n) is 3.21. The Kier molecular flexibility index (Phi) is 6.00. The van der Waals surface area contributed by atoms with Crippen molar-refractivity contribution in [3.8, 4) is 6.07 Å². The van der Waals surface area contributed by atoms with Crippen LogP contribution in [0.15, 0.2) is 18.3 Å². The van der Waals surface area contributed by atoms with Crippen molar-refractivity contribution in [1.82, 2.24) is 10.2 Å². The van der Waals surface area contributed by atoms with Gasteiger partial charge in [-0.2, -0.15) is 10.4 Å². The standard InChI is InChI=1S/C15H21N5O/c16-4-1-2-7-21-8-6-18-14-9-12(3-5-17)10-15-13(14)11-19-20-15/h9-11,18H,1-4,6-8,16H2,(H,19,20). The Morgan fingerprint density at radius 2 is 2.24 bits per heavy atom. The van der Waals surface area contributed by atoms with Gasteiger partial charge in [-0.05, 0) is 37.1 Å². The summed E-state index contributed by atoms with van der Waals surface area (Å²) in [5.41, 5.74) is 8.32. The summed E-state index contributed by atoms with van der Waals surface area (Å²) in [4.78, 5) is 0. The molecule has 112 valence electrons. The van der Waals surface area contributed by atoms with Gasteiger partial charge >= 0.3 is 0 Å². The van der Waals surface area contributed by atoms with Gasteiger partial charge in [-0.3, -0.25) is 5.10 Å². The number of rotatable bonds is 9. The smallest absolute Gasteiger partial charge is 0.0674 e. The minimum Gasteiger partial charge on any atom is -0.382 e. The number of benzene rings is 1. The predicted molar refractivity (Wildman–Crippen MR) is 83.0 cm³/mol. The fourth-order valence-electron chi connectivity index (χ4n) is 2.16. The summed E-state index contributed by atoms with van der Waals surface area (Å²) in [6.45, 7) is 2.82. The van der Waals surface area contributed by atoms with Crippen LogP contribution in [0.2, 0.25) is 0 Å². The van der Waals surface area contributed by atoms with Gasteiger partial charge in [0.2, 0.25) is 0 Å². The van der Waals surface area contributed by atoms with Crippen molar-refractivity contribution in [2.24, 2.45) is 5.73 Å². The number of nitrogens with two attached hydrogens (primary N) is 1. The molecule has 0 unspecified atom stereocenters. The number of anilines is 1. The number of unbranched alkanes of at least 4 members (excludes halogenated alkanes) is 1. The maximum absolute atomic E-state index is 8.83. The number of ether oxygens (including phenoxy) is 1. The lowest BCUT2D eigenvalue weighted by Gasteiger charge is -2.09. The van der Waals surface area contributed by atoms with Crippen molar-refractivity contribution in [2.45, 2.75) is 19.3 Å². The molecular formula is C15H21N5O. The molecule has 0 saturated carbocycles. The average Bonchev–Trinajstić information content (AvgIpc) is 2.95. The van der Waals surface area contributed by atoms with E-state index in [1.54, 1.807) is 6.20 Å². The second-order valence-electron chi connectivity index (χ2n) is 4.84. The first-order valence-electron chi connectivity index (χ1n) is 7.20. The van der Waals surface area contributed by atoms with Crippen molar-refractivity contribution in [3.05, 3.63) is 23.9 Å². The van der Waals surface area contributed by atoms with E-state index in [0.717, 1.165) is 48.1 Å². The zero-order valence-electron chi connectivity index (χ0n) is 12.1. The molecule has 0 bridgehead atoms. The first-order valence-corrected chi connectivity index (χ1v) is 7.20. The number of hydrogen-bond donors (Lipinski definition) is 3. The van der Waals surface area contributed by atoms with E-state index in [2.05, 4.69) is 21.6 Å². The normalized spacial score (nSPS) is 10.7. The van der Waals surface area contributed by atoms with Crippen LogP contribution in [0.25, 0.3) is 10.9 Å². The van der Waals surface area contributed by atoms with E-state index < -0.39 is 0 Å². The van der Waals surface area contributed by atoms with Crippen LogP contribution in [0.4, 0.5) is 5.69 Å². The molecule has 6 heteroatoms. The van der Waals surface area contributed by atoms with E-state index in [1.165, 1.54) is 0 Å². The van der Waals surface area contributed by atoms with Crippen LogP contribution in [-0.4, -0.2) is 36.5 Å². The monoisotopic (exact) mass is 287 g/mol. The summed E-state index contributed by atoms with van der Waals surface area (Å²) >= 11 is 0. The Morgan fingerprint density at radius 3 is 3.05 bits per heavy atom. The Morgan fingerprint density at radius 1 is 1.33 bits per heavy atom. The molecule has 4 N–H and O–H groups in total. The van der Waals surface area contributed by atoms with Crippen LogP contribution in [-0.2, 0) is 11.2 Å². The van der Waals surface area contributed by atoms with Crippen molar-refractivity contribution >= 4 is 16.6 Å². The Bertz CT molecular complexity index is 602. The van der Waals surface area contributed by atoms with Gasteiger partial charge in [0.25, 0.3) is 0 Å². The first-order chi connectivity index (χ1) is 10.3. The zero-order valence-corrected chi connectivity index (χ0v) is 12.1. The minimum absolute atomic E-state index is 0.388. The summed E-state index contributed by atoms with van der Waals surface area (Å²) < 4.78 is 5.53. The quantitative estimate of drug-likeness (QED) is 0.611. The van der Waals surface area contributed by atoms with Crippen LogP contribution in [0.1, 0.15) is 18.4 Å². The van der Waals surface area contributed by atoms with Gasteiger partial charge < -0.3 is 15.8 Å². The molecule has 1 aromatic carbocycles. The highest BCUT2D eigenvalue weighted by Gasteiger charge is 2.05. The van der Waals surface area contributed by atoms with E-state index in [1.807, 2.05) is 12.1 Å². The highest BCUT2D eigenvalue weighted by atomic mass is 16.5. The number of H-pyrrole nitrogens is 1. The van der Waals surface area contributed by atoms with Crippen LogP contribution >= 0.6 is 0 Å². The van der Waals surface area contributed by atoms with Crippen molar-refractivity contribution in [3.63, 3.8) is 0 Å². The Balaban J connectivity index is 1.88. The summed E-state index contributed by atoms with van der Waals surface area (Å²) in [5.74, 6) is 0. The minimum atomic E-state index is 0.388. The molecule has 0 aliphatic carbocycles. The molecule has 2 aromatic rings. The molecule has 0 amide bonds. The fourth-order valence-corrected chi connectivity index (χ4v) is 2.16. The molecular weight excluding hydrogens is 266 g/mol. The molecule has 6 nitrogen and oxygen atoms in total. The van der Waals surface area contributed by atoms with Gasteiger partial charge in [0.05, 0.1) is 30.8 Å². The largest absolute Gasteiger partial charge is 0.382 e.